The van der Waals surface area contributed by atoms with Gasteiger partial charge in [-0.05, 0) is 73.2 Å². The van der Waals surface area contributed by atoms with Crippen molar-refractivity contribution < 1.29 is 22.4 Å². The summed E-state index contributed by atoms with van der Waals surface area (Å²) >= 11 is 11.9. The fourth-order valence-electron chi connectivity index (χ4n) is 3.53. The monoisotopic (exact) mass is 598 g/mol. The Morgan fingerprint density at radius 1 is 0.850 bits per heavy atom. The zero-order valence-corrected chi connectivity index (χ0v) is 23.5. The van der Waals surface area contributed by atoms with Crippen molar-refractivity contribution in [2.24, 2.45) is 5.10 Å². The van der Waals surface area contributed by atoms with Gasteiger partial charge in [-0.2, -0.15) is 9.41 Å². The van der Waals surface area contributed by atoms with Crippen molar-refractivity contribution in [1.29, 1.82) is 0 Å². The average molecular weight is 599 g/mol. The summed E-state index contributed by atoms with van der Waals surface area (Å²) in [6, 6.07) is 22.8. The normalized spacial score (nSPS) is 11.6. The SMILES string of the molecule is Cc1ccc(NC(=O)C(=O)N/N=C/c2ccc(CN(Cc3ccc(Cl)cc3)S(=O)(=O)c3ccc(Cl)cc3)o2)cc1. The number of hydrogen-bond donors (Lipinski definition) is 2. The highest BCUT2D eigenvalue weighted by molar-refractivity contribution is 7.89. The molecule has 0 radical (unpaired) electrons. The minimum atomic E-state index is -3.93. The number of nitrogens with one attached hydrogen (secondary N) is 2. The van der Waals surface area contributed by atoms with Gasteiger partial charge in [0, 0.05) is 22.3 Å². The molecule has 0 bridgehead atoms. The van der Waals surface area contributed by atoms with Crippen LogP contribution in [0, 0.1) is 6.92 Å². The van der Waals surface area contributed by atoms with Crippen LogP contribution in [0.4, 0.5) is 5.69 Å². The van der Waals surface area contributed by atoms with Gasteiger partial charge in [-0.15, -0.1) is 0 Å². The molecule has 2 N–H and O–H groups in total. The standard InChI is InChI=1S/C28H24Cl2N4O5S/c1-19-2-10-23(11-3-19)32-27(35)28(36)33-31-16-24-12-13-25(39-24)18-34(17-20-4-6-21(29)7-5-20)40(37,38)26-14-8-22(30)9-15-26/h2-16H,17-18H2,1H3,(H,32,35)(H,33,36)/b31-16+. The van der Waals surface area contributed by atoms with E-state index >= 15 is 0 Å². The molecule has 0 aliphatic carbocycles. The number of rotatable bonds is 9. The van der Waals surface area contributed by atoms with Crippen molar-refractivity contribution >= 4 is 56.9 Å². The highest BCUT2D eigenvalue weighted by atomic mass is 35.5. The van der Waals surface area contributed by atoms with Crippen molar-refractivity contribution in [2.45, 2.75) is 24.9 Å². The van der Waals surface area contributed by atoms with Gasteiger partial charge in [0.25, 0.3) is 0 Å². The molecule has 0 fully saturated rings. The Morgan fingerprint density at radius 3 is 2.12 bits per heavy atom. The Balaban J connectivity index is 1.44. The summed E-state index contributed by atoms with van der Waals surface area (Å²) < 4.78 is 34.0. The largest absolute Gasteiger partial charge is 0.459 e. The zero-order chi connectivity index (χ0) is 28.7. The van der Waals surface area contributed by atoms with Crippen molar-refractivity contribution in [3.63, 3.8) is 0 Å². The van der Waals surface area contributed by atoms with E-state index in [1.165, 1.54) is 34.8 Å². The molecule has 206 valence electrons. The zero-order valence-electron chi connectivity index (χ0n) is 21.2. The lowest BCUT2D eigenvalue weighted by atomic mass is 10.2. The first kappa shape index (κ1) is 29.0. The minimum Gasteiger partial charge on any atom is -0.459 e. The van der Waals surface area contributed by atoms with Gasteiger partial charge in [-0.1, -0.05) is 53.0 Å². The molecule has 4 aromatic rings. The second-order valence-electron chi connectivity index (χ2n) is 8.68. The third-order valence-electron chi connectivity index (χ3n) is 5.61. The highest BCUT2D eigenvalue weighted by Gasteiger charge is 2.26. The molecular formula is C28H24Cl2N4O5S. The molecule has 40 heavy (non-hydrogen) atoms. The van der Waals surface area contributed by atoms with Crippen LogP contribution >= 0.6 is 23.2 Å². The smallest absolute Gasteiger partial charge is 0.329 e. The topological polar surface area (TPSA) is 121 Å². The van der Waals surface area contributed by atoms with Gasteiger partial charge in [0.1, 0.15) is 11.5 Å². The summed E-state index contributed by atoms with van der Waals surface area (Å²) in [5.74, 6) is -1.28. The lowest BCUT2D eigenvalue weighted by molar-refractivity contribution is -0.136. The third-order valence-corrected chi connectivity index (χ3v) is 7.92. The quantitative estimate of drug-likeness (QED) is 0.152. The van der Waals surface area contributed by atoms with Crippen LogP contribution in [0.3, 0.4) is 0 Å². The minimum absolute atomic E-state index is 0.0540. The maximum Gasteiger partial charge on any atom is 0.329 e. The number of hydrogen-bond acceptors (Lipinski definition) is 6. The van der Waals surface area contributed by atoms with Crippen LogP contribution in [0.25, 0.3) is 0 Å². The van der Waals surface area contributed by atoms with Crippen LogP contribution in [0.5, 0.6) is 0 Å². The molecule has 9 nitrogen and oxygen atoms in total. The first-order chi connectivity index (χ1) is 19.1. The molecule has 3 aromatic carbocycles. The molecular weight excluding hydrogens is 575 g/mol. The number of hydrazone groups is 1. The number of aryl methyl sites for hydroxylation is 1. The lowest BCUT2D eigenvalue weighted by Crippen LogP contribution is -2.32. The Labute approximate surface area is 241 Å². The van der Waals surface area contributed by atoms with E-state index in [2.05, 4.69) is 15.8 Å². The number of furan rings is 1. The number of carbonyl (C=O) groups is 2. The van der Waals surface area contributed by atoms with Gasteiger partial charge in [-0.25, -0.2) is 13.8 Å². The number of carbonyl (C=O) groups excluding carboxylic acids is 2. The molecule has 0 spiro atoms. The lowest BCUT2D eigenvalue weighted by Gasteiger charge is -2.21. The molecule has 0 unspecified atom stereocenters. The van der Waals surface area contributed by atoms with E-state index in [1.807, 2.05) is 6.92 Å². The maximum atomic E-state index is 13.5. The number of benzene rings is 3. The molecule has 0 aliphatic rings. The molecule has 4 rings (SSSR count). The summed E-state index contributed by atoms with van der Waals surface area (Å²) in [6.45, 7) is 1.87. The van der Waals surface area contributed by atoms with E-state index in [4.69, 9.17) is 27.6 Å². The van der Waals surface area contributed by atoms with E-state index in [0.717, 1.165) is 11.1 Å². The van der Waals surface area contributed by atoms with Gasteiger partial charge in [0.15, 0.2) is 0 Å². The number of halogens is 2. The predicted molar refractivity (Wildman–Crippen MR) is 154 cm³/mol. The van der Waals surface area contributed by atoms with Crippen LogP contribution in [-0.4, -0.2) is 30.8 Å². The average Bonchev–Trinajstić information content (AvgIpc) is 3.38. The van der Waals surface area contributed by atoms with Gasteiger partial charge in [0.2, 0.25) is 10.0 Å². The van der Waals surface area contributed by atoms with E-state index in [-0.39, 0.29) is 23.7 Å². The summed E-state index contributed by atoms with van der Waals surface area (Å²) in [5.41, 5.74) is 4.34. The molecule has 0 atom stereocenters. The van der Waals surface area contributed by atoms with Crippen molar-refractivity contribution in [2.75, 3.05) is 5.32 Å². The van der Waals surface area contributed by atoms with Gasteiger partial charge >= 0.3 is 11.8 Å². The highest BCUT2D eigenvalue weighted by Crippen LogP contribution is 2.24. The predicted octanol–water partition coefficient (Wildman–Crippen LogP) is 5.37. The van der Waals surface area contributed by atoms with Crippen LogP contribution in [-0.2, 0) is 32.7 Å². The number of sulfonamides is 1. The van der Waals surface area contributed by atoms with E-state index in [1.54, 1.807) is 60.7 Å². The first-order valence-electron chi connectivity index (χ1n) is 11.9. The van der Waals surface area contributed by atoms with Crippen LogP contribution in [0.15, 0.2) is 99.3 Å². The van der Waals surface area contributed by atoms with Crippen LogP contribution < -0.4 is 10.7 Å². The summed E-state index contributed by atoms with van der Waals surface area (Å²) in [4.78, 5) is 24.2. The van der Waals surface area contributed by atoms with Gasteiger partial charge in [0.05, 0.1) is 17.7 Å². The molecule has 0 aliphatic heterocycles. The van der Waals surface area contributed by atoms with Crippen LogP contribution in [0.2, 0.25) is 10.0 Å². The molecule has 12 heteroatoms. The van der Waals surface area contributed by atoms with Crippen molar-refractivity contribution in [3.05, 3.63) is 118 Å². The van der Waals surface area contributed by atoms with Crippen molar-refractivity contribution in [1.82, 2.24) is 9.73 Å². The number of nitrogens with zero attached hydrogens (tertiary/aromatic N) is 2. The number of amides is 2. The Hall–Kier alpha value is -3.96. The second-order valence-corrected chi connectivity index (χ2v) is 11.5. The number of anilines is 1. The Bertz CT molecular complexity index is 1620. The summed E-state index contributed by atoms with van der Waals surface area (Å²) in [5, 5.41) is 7.17. The Kier molecular flexibility index (Phi) is 9.38. The Morgan fingerprint density at radius 2 is 1.48 bits per heavy atom. The maximum absolute atomic E-state index is 13.5. The second kappa shape index (κ2) is 12.9. The molecule has 1 heterocycles. The molecule has 2 amide bonds. The molecule has 1 aromatic heterocycles. The third kappa shape index (κ3) is 7.80. The van der Waals surface area contributed by atoms with E-state index in [9.17, 15) is 18.0 Å². The first-order valence-corrected chi connectivity index (χ1v) is 14.1. The van der Waals surface area contributed by atoms with E-state index < -0.39 is 21.8 Å². The van der Waals surface area contributed by atoms with E-state index in [0.29, 0.717) is 21.5 Å². The fraction of sp³-hybridized carbons (Fsp3) is 0.107. The molecule has 0 saturated heterocycles. The van der Waals surface area contributed by atoms with Crippen molar-refractivity contribution in [3.8, 4) is 0 Å². The summed E-state index contributed by atoms with van der Waals surface area (Å²) in [6.07, 6.45) is 1.21. The molecule has 0 saturated carbocycles. The van der Waals surface area contributed by atoms with Crippen LogP contribution in [0.1, 0.15) is 22.6 Å². The van der Waals surface area contributed by atoms with Gasteiger partial charge in [-0.3, -0.25) is 9.59 Å². The fourth-order valence-corrected chi connectivity index (χ4v) is 5.17. The summed E-state index contributed by atoms with van der Waals surface area (Å²) in [7, 11) is -3.93. The van der Waals surface area contributed by atoms with Gasteiger partial charge < -0.3 is 9.73 Å².